The number of rotatable bonds is 7. The molecular formula is C29H23F3N2O6. The number of amides is 1. The molecule has 3 aromatic carbocycles. The van der Waals surface area contributed by atoms with Crippen LogP contribution >= 0.6 is 0 Å². The van der Waals surface area contributed by atoms with Gasteiger partial charge >= 0.3 is 18.1 Å². The largest absolute Gasteiger partial charge is 0.508 e. The average molecular weight is 553 g/mol. The Morgan fingerprint density at radius 1 is 0.975 bits per heavy atom. The second-order valence-corrected chi connectivity index (χ2v) is 9.00. The molecule has 11 heteroatoms. The number of methoxy groups -OCH3 is 1. The number of carboxylic acid groups (broad SMARTS) is 1. The van der Waals surface area contributed by atoms with Gasteiger partial charge in [-0.2, -0.15) is 13.2 Å². The van der Waals surface area contributed by atoms with E-state index in [4.69, 9.17) is 4.74 Å². The molecule has 0 bridgehead atoms. The first-order valence-electron chi connectivity index (χ1n) is 11.9. The van der Waals surface area contributed by atoms with E-state index >= 15 is 0 Å². The monoisotopic (exact) mass is 552 g/mol. The number of aromatic carboxylic acids is 1. The number of aromatic hydroxyl groups is 1. The minimum Gasteiger partial charge on any atom is -0.508 e. The van der Waals surface area contributed by atoms with E-state index in [1.54, 1.807) is 12.1 Å². The third-order valence-corrected chi connectivity index (χ3v) is 6.41. The number of esters is 1. The van der Waals surface area contributed by atoms with Gasteiger partial charge in [-0.25, -0.2) is 14.6 Å². The highest BCUT2D eigenvalue weighted by molar-refractivity contribution is 6.07. The number of fused-ring (bicyclic) bond motifs is 1. The molecule has 0 aliphatic carbocycles. The van der Waals surface area contributed by atoms with Crippen molar-refractivity contribution in [3.8, 4) is 16.9 Å². The maximum Gasteiger partial charge on any atom is 0.416 e. The summed E-state index contributed by atoms with van der Waals surface area (Å²) in [5.74, 6) is -2.81. The summed E-state index contributed by atoms with van der Waals surface area (Å²) >= 11 is 0. The van der Waals surface area contributed by atoms with Crippen molar-refractivity contribution in [2.45, 2.75) is 18.6 Å². The predicted octanol–water partition coefficient (Wildman–Crippen LogP) is 5.18. The molecule has 4 rings (SSSR count). The number of carboxylic acids is 1. The van der Waals surface area contributed by atoms with Gasteiger partial charge in [0.05, 0.1) is 23.8 Å². The van der Waals surface area contributed by atoms with Crippen LogP contribution in [-0.2, 0) is 22.1 Å². The van der Waals surface area contributed by atoms with E-state index in [-0.39, 0.29) is 39.9 Å². The lowest BCUT2D eigenvalue weighted by molar-refractivity contribution is -0.145. The van der Waals surface area contributed by atoms with Crippen molar-refractivity contribution in [2.24, 2.45) is 0 Å². The molecule has 0 saturated heterocycles. The number of phenolic OH excluding ortho intramolecular Hbond substituents is 1. The zero-order chi connectivity index (χ0) is 29.2. The summed E-state index contributed by atoms with van der Waals surface area (Å²) in [6.07, 6.45) is -4.50. The van der Waals surface area contributed by atoms with Crippen LogP contribution in [0.3, 0.4) is 0 Å². The first kappa shape index (κ1) is 28.1. The third-order valence-electron chi connectivity index (χ3n) is 6.41. The standard InChI is InChI=1S/C29H23F3N2O6/c1-34(25(28(39)40-2)12-16-6-9-20(35)10-7-16)26(36)24-15-22(27(37)38)21-14-18(8-11-23(21)33-24)17-4-3-5-19(13-17)29(30,31)32/h3-11,13-15,25,35H,12H2,1-2H3,(H,37,38)/t25-/m0/s1. The fraction of sp³-hybridized carbons (Fsp3) is 0.172. The maximum atomic E-state index is 13.4. The maximum absolute atomic E-state index is 13.4. The Kier molecular flexibility index (Phi) is 7.76. The summed E-state index contributed by atoms with van der Waals surface area (Å²) in [6.45, 7) is 0. The minimum absolute atomic E-state index is 0.0283. The highest BCUT2D eigenvalue weighted by atomic mass is 19.4. The number of nitrogens with zero attached hydrogens (tertiary/aromatic N) is 2. The summed E-state index contributed by atoms with van der Waals surface area (Å²) in [4.78, 5) is 43.5. The van der Waals surface area contributed by atoms with Gasteiger partial charge in [-0.15, -0.1) is 0 Å². The van der Waals surface area contributed by atoms with Crippen LogP contribution in [0.5, 0.6) is 5.75 Å². The molecule has 4 aromatic rings. The second-order valence-electron chi connectivity index (χ2n) is 9.00. The van der Waals surface area contributed by atoms with E-state index < -0.39 is 35.6 Å². The molecule has 1 amide bonds. The number of halogens is 3. The number of hydrogen-bond acceptors (Lipinski definition) is 6. The Morgan fingerprint density at radius 2 is 1.65 bits per heavy atom. The van der Waals surface area contributed by atoms with Crippen LogP contribution in [0, 0.1) is 0 Å². The van der Waals surface area contributed by atoms with E-state index in [1.807, 2.05) is 0 Å². The van der Waals surface area contributed by atoms with Crippen molar-refractivity contribution >= 4 is 28.7 Å². The topological polar surface area (TPSA) is 117 Å². The molecule has 0 aliphatic heterocycles. The van der Waals surface area contributed by atoms with Crippen LogP contribution in [0.25, 0.3) is 22.0 Å². The molecule has 2 N–H and O–H groups in total. The number of phenols is 1. The van der Waals surface area contributed by atoms with Gasteiger partial charge in [0.15, 0.2) is 0 Å². The molecule has 0 fully saturated rings. The number of carbonyl (C=O) groups excluding carboxylic acids is 2. The van der Waals surface area contributed by atoms with Crippen molar-refractivity contribution in [1.29, 1.82) is 0 Å². The number of pyridine rings is 1. The lowest BCUT2D eigenvalue weighted by Crippen LogP contribution is -2.44. The van der Waals surface area contributed by atoms with Gasteiger partial charge in [0.1, 0.15) is 17.5 Å². The molecular weight excluding hydrogens is 529 g/mol. The lowest BCUT2D eigenvalue weighted by Gasteiger charge is -2.26. The first-order valence-corrected chi connectivity index (χ1v) is 11.9. The van der Waals surface area contributed by atoms with E-state index in [2.05, 4.69) is 4.98 Å². The molecule has 0 spiro atoms. The number of aromatic nitrogens is 1. The zero-order valence-corrected chi connectivity index (χ0v) is 21.3. The molecule has 0 radical (unpaired) electrons. The van der Waals surface area contributed by atoms with Crippen molar-refractivity contribution in [1.82, 2.24) is 9.88 Å². The van der Waals surface area contributed by atoms with E-state index in [0.717, 1.165) is 23.1 Å². The fourth-order valence-electron chi connectivity index (χ4n) is 4.26. The van der Waals surface area contributed by atoms with Gasteiger partial charge < -0.3 is 19.8 Å². The van der Waals surface area contributed by atoms with Crippen molar-refractivity contribution < 1.29 is 42.5 Å². The van der Waals surface area contributed by atoms with E-state index in [9.17, 15) is 37.8 Å². The van der Waals surface area contributed by atoms with E-state index in [0.29, 0.717) is 11.1 Å². The molecule has 1 heterocycles. The summed E-state index contributed by atoms with van der Waals surface area (Å²) in [5, 5.41) is 19.5. The van der Waals surface area contributed by atoms with Gasteiger partial charge in [0.25, 0.3) is 5.91 Å². The highest BCUT2D eigenvalue weighted by Crippen LogP contribution is 2.33. The Bertz CT molecular complexity index is 1600. The fourth-order valence-corrected chi connectivity index (χ4v) is 4.26. The molecule has 0 aliphatic rings. The SMILES string of the molecule is COC(=O)[C@H](Cc1ccc(O)cc1)N(C)C(=O)c1cc(C(=O)O)c2cc(-c3cccc(C(F)(F)F)c3)ccc2n1. The minimum atomic E-state index is -4.55. The van der Waals surface area contributed by atoms with Crippen molar-refractivity contribution in [2.75, 3.05) is 14.2 Å². The molecule has 0 unspecified atom stereocenters. The van der Waals surface area contributed by atoms with Crippen LogP contribution in [-0.4, -0.2) is 58.1 Å². The van der Waals surface area contributed by atoms with Crippen LogP contribution in [0.2, 0.25) is 0 Å². The number of carbonyl (C=O) groups is 3. The molecule has 1 atom stereocenters. The Morgan fingerprint density at radius 3 is 2.27 bits per heavy atom. The van der Waals surface area contributed by atoms with Gasteiger partial charge in [-0.1, -0.05) is 30.3 Å². The molecule has 0 saturated carbocycles. The molecule has 206 valence electrons. The number of alkyl halides is 3. The van der Waals surface area contributed by atoms with Gasteiger partial charge in [0.2, 0.25) is 0 Å². The second kappa shape index (κ2) is 11.0. The predicted molar refractivity (Wildman–Crippen MR) is 139 cm³/mol. The number of hydrogen-bond donors (Lipinski definition) is 2. The lowest BCUT2D eigenvalue weighted by atomic mass is 9.98. The molecule has 40 heavy (non-hydrogen) atoms. The van der Waals surface area contributed by atoms with Gasteiger partial charge in [-0.05, 0) is 59.2 Å². The van der Waals surface area contributed by atoms with Crippen LogP contribution in [0.4, 0.5) is 13.2 Å². The Balaban J connectivity index is 1.72. The molecule has 8 nitrogen and oxygen atoms in total. The number of benzene rings is 3. The van der Waals surface area contributed by atoms with Crippen molar-refractivity contribution in [3.63, 3.8) is 0 Å². The number of likely N-dealkylation sites (N-methyl/N-ethyl adjacent to an activating group) is 1. The van der Waals surface area contributed by atoms with Crippen LogP contribution in [0.15, 0.2) is 72.8 Å². The smallest absolute Gasteiger partial charge is 0.416 e. The van der Waals surface area contributed by atoms with E-state index in [1.165, 1.54) is 56.6 Å². The van der Waals surface area contributed by atoms with Gasteiger partial charge in [0, 0.05) is 18.9 Å². The Labute approximate surface area is 226 Å². The van der Waals surface area contributed by atoms with Gasteiger partial charge in [-0.3, -0.25) is 4.79 Å². The Hall–Kier alpha value is -4.93. The third kappa shape index (κ3) is 5.88. The summed E-state index contributed by atoms with van der Waals surface area (Å²) < 4.78 is 44.5. The summed E-state index contributed by atoms with van der Waals surface area (Å²) in [5.41, 5.74) is -0.0734. The quantitative estimate of drug-likeness (QED) is 0.304. The first-order chi connectivity index (χ1) is 18.9. The average Bonchev–Trinajstić information content (AvgIpc) is 2.94. The highest BCUT2D eigenvalue weighted by Gasteiger charge is 2.31. The van der Waals surface area contributed by atoms with Crippen molar-refractivity contribution in [3.05, 3.63) is 95.2 Å². The normalized spacial score (nSPS) is 12.1. The summed E-state index contributed by atoms with van der Waals surface area (Å²) in [7, 11) is 2.52. The summed E-state index contributed by atoms with van der Waals surface area (Å²) in [6, 6.07) is 14.9. The zero-order valence-electron chi connectivity index (χ0n) is 21.3. The van der Waals surface area contributed by atoms with Crippen LogP contribution in [0.1, 0.15) is 32.0 Å². The number of ether oxygens (including phenoxy) is 1. The molecule has 1 aromatic heterocycles. The van der Waals surface area contributed by atoms with Crippen LogP contribution < -0.4 is 0 Å².